The van der Waals surface area contributed by atoms with Crippen LogP contribution >= 0.6 is 0 Å². The number of anilines is 3. The number of alkyl halides is 3. The summed E-state index contributed by atoms with van der Waals surface area (Å²) in [6.07, 6.45) is -2.77. The summed E-state index contributed by atoms with van der Waals surface area (Å²) in [6.45, 7) is 1.38. The van der Waals surface area contributed by atoms with E-state index in [2.05, 4.69) is 25.6 Å². The smallest absolute Gasteiger partial charge is 0.353 e. The SMILES string of the molecule is CN(C)CCNc1nc(Nc2cccc(C(F)(F)F)c2)cc(-c2ccccn2)n1. The fourth-order valence-electron chi connectivity index (χ4n) is 2.55. The predicted octanol–water partition coefficient (Wildman–Crippen LogP) is 4.27. The summed E-state index contributed by atoms with van der Waals surface area (Å²) in [6, 6.07) is 12.1. The number of rotatable bonds is 7. The largest absolute Gasteiger partial charge is 0.416 e. The van der Waals surface area contributed by atoms with Crippen molar-refractivity contribution in [3.05, 3.63) is 60.3 Å². The number of halogens is 3. The molecule has 29 heavy (non-hydrogen) atoms. The first-order valence-corrected chi connectivity index (χ1v) is 8.94. The lowest BCUT2D eigenvalue weighted by molar-refractivity contribution is -0.137. The van der Waals surface area contributed by atoms with Crippen molar-refractivity contribution >= 4 is 17.5 Å². The fraction of sp³-hybridized carbons (Fsp3) is 0.250. The van der Waals surface area contributed by atoms with Crippen LogP contribution in [-0.2, 0) is 6.18 Å². The van der Waals surface area contributed by atoms with E-state index in [0.29, 0.717) is 29.7 Å². The van der Waals surface area contributed by atoms with Gasteiger partial charge in [0, 0.05) is 31.0 Å². The Bertz CT molecular complexity index is 944. The van der Waals surface area contributed by atoms with Crippen LogP contribution in [0.3, 0.4) is 0 Å². The molecule has 0 saturated carbocycles. The van der Waals surface area contributed by atoms with Gasteiger partial charge in [0.1, 0.15) is 5.82 Å². The summed E-state index contributed by atoms with van der Waals surface area (Å²) in [7, 11) is 3.90. The Labute approximate surface area is 166 Å². The predicted molar refractivity (Wildman–Crippen MR) is 107 cm³/mol. The second kappa shape index (κ2) is 8.87. The highest BCUT2D eigenvalue weighted by Crippen LogP contribution is 2.31. The van der Waals surface area contributed by atoms with Gasteiger partial charge >= 0.3 is 6.18 Å². The number of nitrogens with zero attached hydrogens (tertiary/aromatic N) is 4. The Balaban J connectivity index is 1.90. The molecule has 0 aliphatic rings. The quantitative estimate of drug-likeness (QED) is 0.615. The molecule has 0 spiro atoms. The van der Waals surface area contributed by atoms with E-state index in [9.17, 15) is 13.2 Å². The van der Waals surface area contributed by atoms with E-state index in [1.54, 1.807) is 30.5 Å². The molecule has 3 rings (SSSR count). The zero-order valence-corrected chi connectivity index (χ0v) is 16.0. The standard InChI is InChI=1S/C20H21F3N6/c1-29(2)11-10-25-19-27-17(16-8-3-4-9-24-16)13-18(28-19)26-15-7-5-6-14(12-15)20(21,22)23/h3-9,12-13H,10-11H2,1-2H3,(H2,25,26,27,28). The van der Waals surface area contributed by atoms with Gasteiger partial charge in [-0.3, -0.25) is 4.98 Å². The molecule has 0 atom stereocenters. The third kappa shape index (κ3) is 5.89. The molecule has 0 aliphatic heterocycles. The normalized spacial score (nSPS) is 11.5. The second-order valence-corrected chi connectivity index (χ2v) is 6.61. The van der Waals surface area contributed by atoms with Crippen LogP contribution in [0.1, 0.15) is 5.56 Å². The van der Waals surface area contributed by atoms with Crippen molar-refractivity contribution < 1.29 is 13.2 Å². The van der Waals surface area contributed by atoms with Gasteiger partial charge in [-0.2, -0.15) is 18.2 Å². The summed E-state index contributed by atoms with van der Waals surface area (Å²) in [5, 5.41) is 6.07. The Morgan fingerprint density at radius 1 is 0.966 bits per heavy atom. The lowest BCUT2D eigenvalue weighted by atomic mass is 10.2. The van der Waals surface area contributed by atoms with E-state index in [1.807, 2.05) is 25.1 Å². The Morgan fingerprint density at radius 2 is 1.79 bits per heavy atom. The minimum atomic E-state index is -4.42. The summed E-state index contributed by atoms with van der Waals surface area (Å²) in [5.41, 5.74) is 0.746. The molecule has 0 radical (unpaired) electrons. The maximum atomic E-state index is 13.0. The average molecular weight is 402 g/mol. The minimum Gasteiger partial charge on any atom is -0.353 e. The molecule has 1 aromatic carbocycles. The van der Waals surface area contributed by atoms with Crippen molar-refractivity contribution in [3.63, 3.8) is 0 Å². The van der Waals surface area contributed by atoms with Crippen LogP contribution in [0.5, 0.6) is 0 Å². The van der Waals surface area contributed by atoms with E-state index in [1.165, 1.54) is 6.07 Å². The highest BCUT2D eigenvalue weighted by Gasteiger charge is 2.30. The molecule has 0 bridgehead atoms. The maximum Gasteiger partial charge on any atom is 0.416 e. The Morgan fingerprint density at radius 3 is 2.48 bits per heavy atom. The van der Waals surface area contributed by atoms with E-state index < -0.39 is 11.7 Å². The summed E-state index contributed by atoms with van der Waals surface area (Å²) >= 11 is 0. The van der Waals surface area contributed by atoms with E-state index in [0.717, 1.165) is 18.7 Å². The molecule has 152 valence electrons. The highest BCUT2D eigenvalue weighted by molar-refractivity contribution is 5.65. The first kappa shape index (κ1) is 20.5. The molecule has 2 aromatic heterocycles. The monoisotopic (exact) mass is 402 g/mol. The minimum absolute atomic E-state index is 0.282. The zero-order valence-electron chi connectivity index (χ0n) is 16.0. The molecule has 9 heteroatoms. The van der Waals surface area contributed by atoms with Gasteiger partial charge in [0.05, 0.1) is 17.0 Å². The number of aromatic nitrogens is 3. The molecule has 3 aromatic rings. The van der Waals surface area contributed by atoms with Gasteiger partial charge in [-0.1, -0.05) is 12.1 Å². The third-order valence-corrected chi connectivity index (χ3v) is 3.96. The topological polar surface area (TPSA) is 66.0 Å². The van der Waals surface area contributed by atoms with Crippen LogP contribution in [0.2, 0.25) is 0 Å². The third-order valence-electron chi connectivity index (χ3n) is 3.96. The van der Waals surface area contributed by atoms with Crippen LogP contribution in [-0.4, -0.2) is 47.0 Å². The van der Waals surface area contributed by atoms with Crippen LogP contribution in [0.25, 0.3) is 11.4 Å². The number of hydrogen-bond acceptors (Lipinski definition) is 6. The molecule has 0 aliphatic carbocycles. The molecule has 2 heterocycles. The van der Waals surface area contributed by atoms with Gasteiger partial charge in [0.2, 0.25) is 5.95 Å². The fourth-order valence-corrected chi connectivity index (χ4v) is 2.55. The lowest BCUT2D eigenvalue weighted by Gasteiger charge is -2.14. The maximum absolute atomic E-state index is 13.0. The van der Waals surface area contributed by atoms with E-state index in [-0.39, 0.29) is 5.69 Å². The van der Waals surface area contributed by atoms with Crippen LogP contribution in [0.15, 0.2) is 54.7 Å². The van der Waals surface area contributed by atoms with E-state index in [4.69, 9.17) is 0 Å². The number of nitrogens with one attached hydrogen (secondary N) is 2. The number of likely N-dealkylation sites (N-methyl/N-ethyl adjacent to an activating group) is 1. The van der Waals surface area contributed by atoms with Crippen molar-refractivity contribution in [2.45, 2.75) is 6.18 Å². The van der Waals surface area contributed by atoms with Gasteiger partial charge in [-0.05, 0) is 44.4 Å². The van der Waals surface area contributed by atoms with Gasteiger partial charge in [0.25, 0.3) is 0 Å². The number of pyridine rings is 1. The highest BCUT2D eigenvalue weighted by atomic mass is 19.4. The number of hydrogen-bond donors (Lipinski definition) is 2. The van der Waals surface area contributed by atoms with Crippen LogP contribution in [0, 0.1) is 0 Å². The van der Waals surface area contributed by atoms with Gasteiger partial charge in [0.15, 0.2) is 0 Å². The summed E-state index contributed by atoms with van der Waals surface area (Å²) in [5.74, 6) is 0.733. The van der Waals surface area contributed by atoms with Crippen molar-refractivity contribution in [1.29, 1.82) is 0 Å². The second-order valence-electron chi connectivity index (χ2n) is 6.61. The molecule has 0 amide bonds. The molecule has 6 nitrogen and oxygen atoms in total. The van der Waals surface area contributed by atoms with E-state index >= 15 is 0 Å². The van der Waals surface area contributed by atoms with Gasteiger partial charge < -0.3 is 15.5 Å². The van der Waals surface area contributed by atoms with Crippen molar-refractivity contribution in [2.24, 2.45) is 0 Å². The van der Waals surface area contributed by atoms with Crippen molar-refractivity contribution in [3.8, 4) is 11.4 Å². The average Bonchev–Trinajstić information content (AvgIpc) is 2.68. The molecular formula is C20H21F3N6. The lowest BCUT2D eigenvalue weighted by Crippen LogP contribution is -2.21. The Hall–Kier alpha value is -3.20. The number of benzene rings is 1. The van der Waals surface area contributed by atoms with Crippen LogP contribution < -0.4 is 10.6 Å². The van der Waals surface area contributed by atoms with Crippen molar-refractivity contribution in [2.75, 3.05) is 37.8 Å². The first-order chi connectivity index (χ1) is 13.8. The molecule has 0 fully saturated rings. The summed E-state index contributed by atoms with van der Waals surface area (Å²) in [4.78, 5) is 15.2. The molecule has 0 saturated heterocycles. The molecule has 2 N–H and O–H groups in total. The van der Waals surface area contributed by atoms with Crippen LogP contribution in [0.4, 0.5) is 30.6 Å². The first-order valence-electron chi connectivity index (χ1n) is 8.94. The Kier molecular flexibility index (Phi) is 6.28. The van der Waals surface area contributed by atoms with Crippen molar-refractivity contribution in [1.82, 2.24) is 19.9 Å². The molecular weight excluding hydrogens is 381 g/mol. The van der Waals surface area contributed by atoms with Gasteiger partial charge in [-0.25, -0.2) is 4.98 Å². The van der Waals surface area contributed by atoms with Gasteiger partial charge in [-0.15, -0.1) is 0 Å². The zero-order chi connectivity index (χ0) is 20.9. The summed E-state index contributed by atoms with van der Waals surface area (Å²) < 4.78 is 39.0. The molecule has 0 unspecified atom stereocenters.